The molecule has 3 rings (SSSR count). The molecule has 1 fully saturated rings. The van der Waals surface area contributed by atoms with Crippen LogP contribution in [0.3, 0.4) is 0 Å². The molecule has 1 aromatic heterocycles. The van der Waals surface area contributed by atoms with Crippen molar-refractivity contribution in [1.82, 2.24) is 9.97 Å². The molecule has 1 N–H and O–H groups in total. The normalized spacial score (nSPS) is 14.5. The average Bonchev–Trinajstić information content (AvgIpc) is 3.26. The Balaban J connectivity index is 1.77. The minimum atomic E-state index is -0.0681. The molecule has 0 saturated heterocycles. The molecule has 20 heavy (non-hydrogen) atoms. The fourth-order valence-electron chi connectivity index (χ4n) is 2.01. The maximum absolute atomic E-state index is 11.9. The number of aromatic nitrogens is 2. The molecule has 0 atom stereocenters. The fourth-order valence-corrected chi connectivity index (χ4v) is 3.29. The lowest BCUT2D eigenvalue weighted by molar-refractivity contribution is 0.899. The highest BCUT2D eigenvalue weighted by Gasteiger charge is 2.28. The molecule has 0 unspecified atom stereocenters. The minimum Gasteiger partial charge on any atom is -0.309 e. The highest BCUT2D eigenvalue weighted by atomic mass is 79.9. The second-order valence-electron chi connectivity index (χ2n) is 5.09. The van der Waals surface area contributed by atoms with Gasteiger partial charge in [0.25, 0.3) is 5.56 Å². The molecule has 3 nitrogen and oxygen atoms in total. The molecule has 0 radical (unpaired) electrons. The first-order valence-corrected chi connectivity index (χ1v) is 8.39. The summed E-state index contributed by atoms with van der Waals surface area (Å²) in [6.07, 6.45) is 2.28. The van der Waals surface area contributed by atoms with Gasteiger partial charge in [-0.25, -0.2) is 4.98 Å². The van der Waals surface area contributed by atoms with E-state index in [1.54, 1.807) is 11.8 Å². The Morgan fingerprint density at radius 3 is 2.70 bits per heavy atom. The number of aromatic amines is 1. The predicted molar refractivity (Wildman–Crippen MR) is 85.3 cm³/mol. The Kier molecular flexibility index (Phi) is 3.98. The number of nitrogens with one attached hydrogen (secondary N) is 1. The van der Waals surface area contributed by atoms with Crippen molar-refractivity contribution in [3.05, 3.63) is 56.2 Å². The summed E-state index contributed by atoms with van der Waals surface area (Å²) in [4.78, 5) is 20.5. The molecule has 0 amide bonds. The first-order chi connectivity index (χ1) is 9.63. The Hall–Kier alpha value is -1.07. The van der Waals surface area contributed by atoms with Gasteiger partial charge in [-0.2, -0.15) is 0 Å². The van der Waals surface area contributed by atoms with Gasteiger partial charge in [0, 0.05) is 10.8 Å². The highest BCUT2D eigenvalue weighted by molar-refractivity contribution is 9.10. The second-order valence-corrected chi connectivity index (χ2v) is 6.93. The summed E-state index contributed by atoms with van der Waals surface area (Å²) in [5, 5.41) is 0. The van der Waals surface area contributed by atoms with Crippen molar-refractivity contribution in [2.45, 2.75) is 36.3 Å². The van der Waals surface area contributed by atoms with Crippen LogP contribution in [-0.2, 0) is 5.75 Å². The number of H-pyrrole nitrogens is 1. The van der Waals surface area contributed by atoms with E-state index in [1.807, 2.05) is 0 Å². The topological polar surface area (TPSA) is 45.8 Å². The molecule has 2 aromatic rings. The standard InChI is InChI=1S/C15H15BrN2OS/c1-9-2-6-11(7-3-9)20-8-12-17-14(10-4-5-10)13(16)15(19)18-12/h2-3,6-7,10H,4-5,8H2,1H3,(H,17,18,19). The molecule has 0 aliphatic heterocycles. The minimum absolute atomic E-state index is 0.0681. The predicted octanol–water partition coefficient (Wildman–Crippen LogP) is 4.01. The quantitative estimate of drug-likeness (QED) is 0.847. The van der Waals surface area contributed by atoms with Gasteiger partial charge >= 0.3 is 0 Å². The first kappa shape index (κ1) is 13.9. The van der Waals surface area contributed by atoms with E-state index in [0.29, 0.717) is 16.1 Å². The van der Waals surface area contributed by atoms with Crippen LogP contribution in [0.5, 0.6) is 0 Å². The third kappa shape index (κ3) is 3.15. The van der Waals surface area contributed by atoms with Gasteiger partial charge in [0.05, 0.1) is 11.4 Å². The maximum atomic E-state index is 11.9. The maximum Gasteiger partial charge on any atom is 0.265 e. The third-order valence-electron chi connectivity index (χ3n) is 3.30. The average molecular weight is 351 g/mol. The molecule has 1 aromatic carbocycles. The third-order valence-corrected chi connectivity index (χ3v) is 5.09. The summed E-state index contributed by atoms with van der Waals surface area (Å²) in [7, 11) is 0. The summed E-state index contributed by atoms with van der Waals surface area (Å²) in [6, 6.07) is 8.38. The van der Waals surface area contributed by atoms with Gasteiger partial charge in [0.1, 0.15) is 10.3 Å². The lowest BCUT2D eigenvalue weighted by atomic mass is 10.2. The monoisotopic (exact) mass is 350 g/mol. The zero-order chi connectivity index (χ0) is 14.1. The van der Waals surface area contributed by atoms with E-state index in [4.69, 9.17) is 0 Å². The Bertz CT molecular complexity index is 677. The molecule has 0 spiro atoms. The van der Waals surface area contributed by atoms with Crippen molar-refractivity contribution in [3.8, 4) is 0 Å². The first-order valence-electron chi connectivity index (χ1n) is 6.61. The fraction of sp³-hybridized carbons (Fsp3) is 0.333. The highest BCUT2D eigenvalue weighted by Crippen LogP contribution is 2.41. The number of halogens is 1. The van der Waals surface area contributed by atoms with Gasteiger partial charge in [-0.3, -0.25) is 4.79 Å². The van der Waals surface area contributed by atoms with E-state index in [2.05, 4.69) is 57.1 Å². The van der Waals surface area contributed by atoms with Crippen molar-refractivity contribution in [3.63, 3.8) is 0 Å². The second kappa shape index (κ2) is 5.74. The van der Waals surface area contributed by atoms with Crippen LogP contribution in [0, 0.1) is 6.92 Å². The number of thioether (sulfide) groups is 1. The van der Waals surface area contributed by atoms with Gasteiger partial charge < -0.3 is 4.98 Å². The van der Waals surface area contributed by atoms with Crippen molar-refractivity contribution < 1.29 is 0 Å². The van der Waals surface area contributed by atoms with Gasteiger partial charge in [0.15, 0.2) is 0 Å². The van der Waals surface area contributed by atoms with Gasteiger partial charge in [0.2, 0.25) is 0 Å². The Labute approximate surface area is 130 Å². The van der Waals surface area contributed by atoms with Crippen molar-refractivity contribution in [2.24, 2.45) is 0 Å². The van der Waals surface area contributed by atoms with E-state index in [0.717, 1.165) is 24.4 Å². The van der Waals surface area contributed by atoms with E-state index in [9.17, 15) is 4.79 Å². The van der Waals surface area contributed by atoms with Crippen molar-refractivity contribution in [2.75, 3.05) is 0 Å². The summed E-state index contributed by atoms with van der Waals surface area (Å²) in [5.41, 5.74) is 2.11. The number of hydrogen-bond acceptors (Lipinski definition) is 3. The van der Waals surface area contributed by atoms with Crippen LogP contribution in [0.25, 0.3) is 0 Å². The molecule has 1 aliphatic carbocycles. The molecule has 1 heterocycles. The molecule has 104 valence electrons. The molecular weight excluding hydrogens is 336 g/mol. The van der Waals surface area contributed by atoms with Crippen LogP contribution in [0.4, 0.5) is 0 Å². The smallest absolute Gasteiger partial charge is 0.265 e. The molecule has 1 aliphatic rings. The van der Waals surface area contributed by atoms with E-state index in [1.165, 1.54) is 10.5 Å². The summed E-state index contributed by atoms with van der Waals surface area (Å²) < 4.78 is 0.601. The summed E-state index contributed by atoms with van der Waals surface area (Å²) in [6.45, 7) is 2.07. The number of rotatable bonds is 4. The van der Waals surface area contributed by atoms with Crippen LogP contribution >= 0.6 is 27.7 Å². The summed E-state index contributed by atoms with van der Waals surface area (Å²) >= 11 is 5.04. The van der Waals surface area contributed by atoms with E-state index < -0.39 is 0 Å². The number of nitrogens with zero attached hydrogens (tertiary/aromatic N) is 1. The van der Waals surface area contributed by atoms with E-state index >= 15 is 0 Å². The van der Waals surface area contributed by atoms with Gasteiger partial charge in [-0.15, -0.1) is 11.8 Å². The lowest BCUT2D eigenvalue weighted by Crippen LogP contribution is -2.14. The largest absolute Gasteiger partial charge is 0.309 e. The Morgan fingerprint density at radius 2 is 2.05 bits per heavy atom. The molecule has 5 heteroatoms. The number of aryl methyl sites for hydroxylation is 1. The van der Waals surface area contributed by atoms with Crippen LogP contribution in [0.1, 0.15) is 35.8 Å². The Morgan fingerprint density at radius 1 is 1.35 bits per heavy atom. The van der Waals surface area contributed by atoms with Crippen LogP contribution < -0.4 is 5.56 Å². The van der Waals surface area contributed by atoms with Crippen LogP contribution in [-0.4, -0.2) is 9.97 Å². The zero-order valence-electron chi connectivity index (χ0n) is 11.1. The number of hydrogen-bond donors (Lipinski definition) is 1. The lowest BCUT2D eigenvalue weighted by Gasteiger charge is -2.06. The van der Waals surface area contributed by atoms with Crippen LogP contribution in [0.15, 0.2) is 38.4 Å². The molecule has 0 bridgehead atoms. The molecular formula is C15H15BrN2OS. The van der Waals surface area contributed by atoms with Crippen LogP contribution in [0.2, 0.25) is 0 Å². The van der Waals surface area contributed by atoms with E-state index in [-0.39, 0.29) is 5.56 Å². The van der Waals surface area contributed by atoms with Crippen molar-refractivity contribution >= 4 is 27.7 Å². The van der Waals surface area contributed by atoms with Crippen molar-refractivity contribution in [1.29, 1.82) is 0 Å². The number of benzene rings is 1. The summed E-state index contributed by atoms with van der Waals surface area (Å²) in [5.74, 6) is 1.91. The SMILES string of the molecule is Cc1ccc(SCc2nc(C3CC3)c(Br)c(=O)[nH]2)cc1. The van der Waals surface area contributed by atoms with Gasteiger partial charge in [-0.05, 0) is 47.8 Å². The molecule has 1 saturated carbocycles. The zero-order valence-corrected chi connectivity index (χ0v) is 13.6. The van der Waals surface area contributed by atoms with Gasteiger partial charge in [-0.1, -0.05) is 17.7 Å².